The zero-order chi connectivity index (χ0) is 12.8. The van der Waals surface area contributed by atoms with Crippen LogP contribution < -0.4 is 11.1 Å². The van der Waals surface area contributed by atoms with Gasteiger partial charge < -0.3 is 11.1 Å². The van der Waals surface area contributed by atoms with Crippen molar-refractivity contribution in [2.24, 2.45) is 10.7 Å². The molecule has 0 aliphatic rings. The summed E-state index contributed by atoms with van der Waals surface area (Å²) in [7, 11) is 0. The molecule has 18 heavy (non-hydrogen) atoms. The Kier molecular flexibility index (Phi) is 3.97. The molecule has 3 N–H and O–H groups in total. The first kappa shape index (κ1) is 12.2. The van der Waals surface area contributed by atoms with Gasteiger partial charge in [0, 0.05) is 5.69 Å². The average Bonchev–Trinajstić information content (AvgIpc) is 2.40. The molecule has 3 heteroatoms. The van der Waals surface area contributed by atoms with Crippen LogP contribution >= 0.6 is 0 Å². The third-order valence-electron chi connectivity index (χ3n) is 2.60. The minimum Gasteiger partial charge on any atom is -0.370 e. The maximum Gasteiger partial charge on any atom is 0.193 e. The highest BCUT2D eigenvalue weighted by molar-refractivity contribution is 5.92. The van der Waals surface area contributed by atoms with Crippen LogP contribution in [0.4, 0.5) is 5.69 Å². The van der Waals surface area contributed by atoms with Gasteiger partial charge in [0.25, 0.3) is 0 Å². The Balaban J connectivity index is 1.95. The van der Waals surface area contributed by atoms with E-state index >= 15 is 0 Å². The van der Waals surface area contributed by atoms with Crippen LogP contribution in [0.2, 0.25) is 0 Å². The number of hydrogen-bond donors (Lipinski definition) is 2. The largest absolute Gasteiger partial charge is 0.370 e. The monoisotopic (exact) mass is 239 g/mol. The lowest BCUT2D eigenvalue weighted by Crippen LogP contribution is -2.22. The van der Waals surface area contributed by atoms with Gasteiger partial charge in [-0.25, -0.2) is 4.99 Å². The molecule has 0 saturated heterocycles. The predicted octanol–water partition coefficient (Wildman–Crippen LogP) is 2.92. The summed E-state index contributed by atoms with van der Waals surface area (Å²) in [4.78, 5) is 4.30. The van der Waals surface area contributed by atoms with E-state index < -0.39 is 0 Å². The summed E-state index contributed by atoms with van der Waals surface area (Å²) in [6.07, 6.45) is 0. The van der Waals surface area contributed by atoms with E-state index in [9.17, 15) is 0 Å². The van der Waals surface area contributed by atoms with E-state index in [2.05, 4.69) is 17.2 Å². The number of nitrogens with zero attached hydrogens (tertiary/aromatic N) is 1. The molecule has 0 fully saturated rings. The lowest BCUT2D eigenvalue weighted by molar-refractivity contribution is 1.06. The summed E-state index contributed by atoms with van der Waals surface area (Å²) >= 11 is 0. The molecule has 2 aromatic carbocycles. The van der Waals surface area contributed by atoms with E-state index in [1.54, 1.807) is 0 Å². The van der Waals surface area contributed by atoms with Crippen molar-refractivity contribution in [3.05, 3.63) is 65.7 Å². The molecule has 0 bridgehead atoms. The van der Waals surface area contributed by atoms with Crippen molar-refractivity contribution in [1.82, 2.24) is 0 Å². The molecule has 0 unspecified atom stereocenters. The number of rotatable bonds is 3. The molecule has 2 rings (SSSR count). The van der Waals surface area contributed by atoms with Crippen LogP contribution in [-0.2, 0) is 6.54 Å². The summed E-state index contributed by atoms with van der Waals surface area (Å²) in [6, 6.07) is 18.1. The molecule has 0 saturated carbocycles. The normalized spacial score (nSPS) is 11.3. The third-order valence-corrected chi connectivity index (χ3v) is 2.60. The number of nitrogens with two attached hydrogens (primary N) is 1. The smallest absolute Gasteiger partial charge is 0.193 e. The predicted molar refractivity (Wildman–Crippen MR) is 76.6 cm³/mol. The van der Waals surface area contributed by atoms with Gasteiger partial charge in [-0.3, -0.25) is 0 Å². The standard InChI is InChI=1S/C15H17N3/c1-12-7-9-14(10-8-12)18-15(16)17-11-13-5-3-2-4-6-13/h2-10H,11H2,1H3,(H3,16,17,18). The number of hydrogen-bond acceptors (Lipinski definition) is 1. The maximum atomic E-state index is 5.83. The molecule has 0 amide bonds. The minimum atomic E-state index is 0.433. The molecular formula is C15H17N3. The Hall–Kier alpha value is -2.29. The van der Waals surface area contributed by atoms with E-state index in [-0.39, 0.29) is 0 Å². The van der Waals surface area contributed by atoms with Crippen molar-refractivity contribution >= 4 is 11.6 Å². The molecule has 2 aromatic rings. The van der Waals surface area contributed by atoms with E-state index in [0.29, 0.717) is 12.5 Å². The summed E-state index contributed by atoms with van der Waals surface area (Å²) < 4.78 is 0. The molecule has 0 heterocycles. The summed E-state index contributed by atoms with van der Waals surface area (Å²) in [5.74, 6) is 0.433. The first-order valence-electron chi connectivity index (χ1n) is 5.91. The minimum absolute atomic E-state index is 0.433. The number of aryl methyl sites for hydroxylation is 1. The van der Waals surface area contributed by atoms with Crippen LogP contribution in [-0.4, -0.2) is 5.96 Å². The first-order chi connectivity index (χ1) is 8.74. The van der Waals surface area contributed by atoms with Gasteiger partial charge in [-0.05, 0) is 24.6 Å². The van der Waals surface area contributed by atoms with Gasteiger partial charge in [0.2, 0.25) is 0 Å². The fraction of sp³-hybridized carbons (Fsp3) is 0.133. The van der Waals surface area contributed by atoms with Crippen LogP contribution in [0.15, 0.2) is 59.6 Å². The highest BCUT2D eigenvalue weighted by Gasteiger charge is 1.95. The SMILES string of the molecule is Cc1ccc(NC(N)=NCc2ccccc2)cc1. The van der Waals surface area contributed by atoms with Crippen LogP contribution in [0, 0.1) is 6.92 Å². The van der Waals surface area contributed by atoms with Crippen molar-refractivity contribution in [3.8, 4) is 0 Å². The summed E-state index contributed by atoms with van der Waals surface area (Å²) in [5, 5.41) is 3.07. The van der Waals surface area contributed by atoms with Gasteiger partial charge in [0.15, 0.2) is 5.96 Å². The Morgan fingerprint density at radius 1 is 1.06 bits per heavy atom. The lowest BCUT2D eigenvalue weighted by atomic mass is 10.2. The van der Waals surface area contributed by atoms with Crippen LogP contribution in [0.1, 0.15) is 11.1 Å². The van der Waals surface area contributed by atoms with Crippen molar-refractivity contribution in [2.75, 3.05) is 5.32 Å². The average molecular weight is 239 g/mol. The van der Waals surface area contributed by atoms with Gasteiger partial charge in [0.1, 0.15) is 0 Å². The van der Waals surface area contributed by atoms with Crippen molar-refractivity contribution < 1.29 is 0 Å². The number of nitrogens with one attached hydrogen (secondary N) is 1. The number of anilines is 1. The molecule has 0 aliphatic carbocycles. The molecule has 0 aromatic heterocycles. The topological polar surface area (TPSA) is 50.4 Å². The van der Waals surface area contributed by atoms with Crippen molar-refractivity contribution in [1.29, 1.82) is 0 Å². The number of guanidine groups is 1. The first-order valence-corrected chi connectivity index (χ1v) is 5.91. The van der Waals surface area contributed by atoms with Gasteiger partial charge in [-0.1, -0.05) is 48.0 Å². The maximum absolute atomic E-state index is 5.83. The Labute approximate surface area is 107 Å². The fourth-order valence-electron chi connectivity index (χ4n) is 1.58. The Bertz CT molecular complexity index is 515. The lowest BCUT2D eigenvalue weighted by Gasteiger charge is -2.05. The molecule has 3 nitrogen and oxygen atoms in total. The third kappa shape index (κ3) is 3.63. The highest BCUT2D eigenvalue weighted by atomic mass is 15.1. The second-order valence-corrected chi connectivity index (χ2v) is 4.18. The van der Waals surface area contributed by atoms with E-state index in [4.69, 9.17) is 5.73 Å². The quantitative estimate of drug-likeness (QED) is 0.639. The van der Waals surface area contributed by atoms with Crippen molar-refractivity contribution in [3.63, 3.8) is 0 Å². The van der Waals surface area contributed by atoms with Crippen LogP contribution in [0.5, 0.6) is 0 Å². The zero-order valence-electron chi connectivity index (χ0n) is 10.4. The van der Waals surface area contributed by atoms with Gasteiger partial charge in [0.05, 0.1) is 6.54 Å². The van der Waals surface area contributed by atoms with E-state index in [0.717, 1.165) is 11.3 Å². The van der Waals surface area contributed by atoms with Gasteiger partial charge in [-0.2, -0.15) is 0 Å². The molecule has 0 atom stereocenters. The van der Waals surface area contributed by atoms with Gasteiger partial charge >= 0.3 is 0 Å². The molecule has 0 radical (unpaired) electrons. The highest BCUT2D eigenvalue weighted by Crippen LogP contribution is 2.08. The van der Waals surface area contributed by atoms with Crippen molar-refractivity contribution in [2.45, 2.75) is 13.5 Å². The Morgan fingerprint density at radius 3 is 2.39 bits per heavy atom. The number of aliphatic imine (C=N–C) groups is 1. The summed E-state index contributed by atoms with van der Waals surface area (Å²) in [5.41, 5.74) is 9.15. The molecule has 0 aliphatic heterocycles. The zero-order valence-corrected chi connectivity index (χ0v) is 10.4. The van der Waals surface area contributed by atoms with Crippen LogP contribution in [0.25, 0.3) is 0 Å². The molecular weight excluding hydrogens is 222 g/mol. The molecule has 92 valence electrons. The second-order valence-electron chi connectivity index (χ2n) is 4.18. The second kappa shape index (κ2) is 5.87. The fourth-order valence-corrected chi connectivity index (χ4v) is 1.58. The van der Waals surface area contributed by atoms with E-state index in [1.807, 2.05) is 54.6 Å². The van der Waals surface area contributed by atoms with Crippen LogP contribution in [0.3, 0.4) is 0 Å². The molecule has 0 spiro atoms. The number of benzene rings is 2. The summed E-state index contributed by atoms with van der Waals surface area (Å²) in [6.45, 7) is 2.64. The van der Waals surface area contributed by atoms with E-state index in [1.165, 1.54) is 5.56 Å². The van der Waals surface area contributed by atoms with Gasteiger partial charge in [-0.15, -0.1) is 0 Å². The Morgan fingerprint density at radius 2 is 1.72 bits per heavy atom.